The van der Waals surface area contributed by atoms with Crippen LogP contribution in [0, 0.1) is 5.92 Å². The van der Waals surface area contributed by atoms with Gasteiger partial charge in [0.15, 0.2) is 5.65 Å². The molecule has 0 saturated heterocycles. The maximum absolute atomic E-state index is 12.4. The Balaban J connectivity index is 1.41. The minimum absolute atomic E-state index is 0.201. The van der Waals surface area contributed by atoms with Gasteiger partial charge in [-0.15, -0.1) is 0 Å². The van der Waals surface area contributed by atoms with Crippen molar-refractivity contribution in [2.75, 3.05) is 0 Å². The fraction of sp³-hybridized carbons (Fsp3) is 0.375. The third kappa shape index (κ3) is 2.88. The smallest absolute Gasteiger partial charge is 0.251 e. The summed E-state index contributed by atoms with van der Waals surface area (Å²) in [5, 5.41) is 17.2. The van der Waals surface area contributed by atoms with Crippen LogP contribution in [0.5, 0.6) is 0 Å². The molecule has 1 aliphatic rings. The molecule has 2 N–H and O–H groups in total. The van der Waals surface area contributed by atoms with Crippen LogP contribution in [0.25, 0.3) is 5.65 Å². The van der Waals surface area contributed by atoms with Crippen molar-refractivity contribution < 1.29 is 9.90 Å². The Morgan fingerprint density at radius 1 is 1.38 bits per heavy atom. The van der Waals surface area contributed by atoms with Crippen LogP contribution < -0.4 is 5.32 Å². The Labute approximate surface area is 138 Å². The highest BCUT2D eigenvalue weighted by Crippen LogP contribution is 2.27. The highest BCUT2D eigenvalue weighted by atomic mass is 16.3. The molecule has 1 aliphatic carbocycles. The Bertz CT molecular complexity index is 843. The molecule has 8 nitrogen and oxygen atoms in total. The van der Waals surface area contributed by atoms with Crippen LogP contribution in [0.2, 0.25) is 0 Å². The number of hydrogen-bond acceptors (Lipinski definition) is 5. The van der Waals surface area contributed by atoms with Crippen LogP contribution in [0.1, 0.15) is 23.2 Å². The Kier molecular flexibility index (Phi) is 3.73. The number of amides is 1. The van der Waals surface area contributed by atoms with Gasteiger partial charge in [-0.3, -0.25) is 4.79 Å². The summed E-state index contributed by atoms with van der Waals surface area (Å²) in [4.78, 5) is 20.5. The Morgan fingerprint density at radius 2 is 2.29 bits per heavy atom. The molecule has 3 heterocycles. The van der Waals surface area contributed by atoms with E-state index >= 15 is 0 Å². The van der Waals surface area contributed by atoms with Crippen molar-refractivity contribution in [3.05, 3.63) is 48.9 Å². The molecule has 3 atom stereocenters. The summed E-state index contributed by atoms with van der Waals surface area (Å²) >= 11 is 0. The Morgan fingerprint density at radius 3 is 3.12 bits per heavy atom. The summed E-state index contributed by atoms with van der Waals surface area (Å²) in [6.45, 7) is 0.801. The molecule has 1 fully saturated rings. The average Bonchev–Trinajstić information content (AvgIpc) is 3.29. The molecule has 3 aromatic heterocycles. The predicted octanol–water partition coefficient (Wildman–Crippen LogP) is 0.495. The quantitative estimate of drug-likeness (QED) is 0.727. The van der Waals surface area contributed by atoms with Crippen molar-refractivity contribution in [3.63, 3.8) is 0 Å². The van der Waals surface area contributed by atoms with Gasteiger partial charge in [0.05, 0.1) is 18.5 Å². The van der Waals surface area contributed by atoms with Crippen molar-refractivity contribution in [1.82, 2.24) is 29.5 Å². The number of fused-ring (bicyclic) bond motifs is 1. The lowest BCUT2D eigenvalue weighted by atomic mass is 10.1. The zero-order valence-electron chi connectivity index (χ0n) is 13.0. The first-order valence-corrected chi connectivity index (χ1v) is 7.93. The molecule has 3 aromatic rings. The van der Waals surface area contributed by atoms with E-state index in [1.807, 2.05) is 10.8 Å². The van der Waals surface area contributed by atoms with Gasteiger partial charge in [-0.2, -0.15) is 5.10 Å². The van der Waals surface area contributed by atoms with Crippen molar-refractivity contribution >= 4 is 11.6 Å². The summed E-state index contributed by atoms with van der Waals surface area (Å²) < 4.78 is 3.60. The lowest BCUT2D eigenvalue weighted by Gasteiger charge is -2.16. The summed E-state index contributed by atoms with van der Waals surface area (Å²) in [5.74, 6) is 0.117. The second-order valence-corrected chi connectivity index (χ2v) is 6.22. The first kappa shape index (κ1) is 14.8. The lowest BCUT2D eigenvalue weighted by Crippen LogP contribution is -2.39. The molecule has 0 aromatic carbocycles. The molecule has 4 rings (SSSR count). The number of aromatic nitrogens is 5. The summed E-state index contributed by atoms with van der Waals surface area (Å²) in [7, 11) is 0. The van der Waals surface area contributed by atoms with Gasteiger partial charge in [-0.25, -0.2) is 14.5 Å². The van der Waals surface area contributed by atoms with Crippen molar-refractivity contribution in [1.29, 1.82) is 0 Å². The van der Waals surface area contributed by atoms with Gasteiger partial charge in [0.25, 0.3) is 5.91 Å². The zero-order chi connectivity index (χ0) is 16.5. The molecule has 0 aliphatic heterocycles. The van der Waals surface area contributed by atoms with E-state index in [-0.39, 0.29) is 11.9 Å². The van der Waals surface area contributed by atoms with Gasteiger partial charge >= 0.3 is 0 Å². The number of pyridine rings is 1. The van der Waals surface area contributed by atoms with E-state index in [2.05, 4.69) is 20.4 Å². The number of aliphatic hydroxyl groups is 1. The third-order valence-corrected chi connectivity index (χ3v) is 4.51. The van der Waals surface area contributed by atoms with E-state index < -0.39 is 6.10 Å². The number of rotatable bonds is 4. The van der Waals surface area contributed by atoms with Gasteiger partial charge in [0, 0.05) is 30.7 Å². The van der Waals surface area contributed by atoms with Crippen LogP contribution in [0.3, 0.4) is 0 Å². The molecule has 24 heavy (non-hydrogen) atoms. The van der Waals surface area contributed by atoms with Gasteiger partial charge in [0.2, 0.25) is 0 Å². The normalized spacial score (nSPS) is 23.6. The van der Waals surface area contributed by atoms with Crippen LogP contribution in [0.15, 0.2) is 43.4 Å². The zero-order valence-corrected chi connectivity index (χ0v) is 13.0. The van der Waals surface area contributed by atoms with Crippen molar-refractivity contribution in [2.24, 2.45) is 5.92 Å². The second kappa shape index (κ2) is 6.04. The third-order valence-electron chi connectivity index (χ3n) is 4.51. The first-order valence-electron chi connectivity index (χ1n) is 7.93. The monoisotopic (exact) mass is 326 g/mol. The van der Waals surface area contributed by atoms with Gasteiger partial charge in [-0.1, -0.05) is 0 Å². The van der Waals surface area contributed by atoms with E-state index in [1.165, 1.54) is 6.33 Å². The van der Waals surface area contributed by atoms with E-state index in [0.717, 1.165) is 13.0 Å². The fourth-order valence-corrected chi connectivity index (χ4v) is 3.32. The molecule has 1 saturated carbocycles. The Hall–Kier alpha value is -2.74. The first-order chi connectivity index (χ1) is 11.7. The number of imidazole rings is 1. The standard InChI is InChI=1S/C16H18N6O2/c23-14-6-11(8-21-4-2-17-10-21)5-13(14)20-16(24)12-1-3-22-15(7-12)18-9-19-22/h1-4,7,9-11,13-14,23H,5-6,8H2,(H,20,24)/t11?,13-,14-/m1/s1. The molecular formula is C16H18N6O2. The van der Waals surface area contributed by atoms with Crippen LogP contribution in [-0.2, 0) is 6.54 Å². The molecule has 0 spiro atoms. The van der Waals surface area contributed by atoms with Gasteiger partial charge in [-0.05, 0) is 30.9 Å². The summed E-state index contributed by atoms with van der Waals surface area (Å²) in [5.41, 5.74) is 1.13. The van der Waals surface area contributed by atoms with Crippen molar-refractivity contribution in [3.8, 4) is 0 Å². The molecule has 1 amide bonds. The topological polar surface area (TPSA) is 97.3 Å². The van der Waals surface area contributed by atoms with Crippen LogP contribution in [0.4, 0.5) is 0 Å². The lowest BCUT2D eigenvalue weighted by molar-refractivity contribution is 0.0873. The van der Waals surface area contributed by atoms with Crippen molar-refractivity contribution in [2.45, 2.75) is 31.5 Å². The van der Waals surface area contributed by atoms with E-state index in [0.29, 0.717) is 23.5 Å². The maximum atomic E-state index is 12.4. The van der Waals surface area contributed by atoms with Crippen LogP contribution >= 0.6 is 0 Å². The molecule has 1 unspecified atom stereocenters. The van der Waals surface area contributed by atoms with E-state index in [9.17, 15) is 9.90 Å². The molecule has 0 radical (unpaired) electrons. The predicted molar refractivity (Wildman–Crippen MR) is 85.2 cm³/mol. The molecule has 8 heteroatoms. The minimum Gasteiger partial charge on any atom is -0.391 e. The molecular weight excluding hydrogens is 308 g/mol. The van der Waals surface area contributed by atoms with E-state index in [1.54, 1.807) is 35.4 Å². The fourth-order valence-electron chi connectivity index (χ4n) is 3.32. The molecule has 124 valence electrons. The minimum atomic E-state index is -0.528. The van der Waals surface area contributed by atoms with Crippen LogP contribution in [-0.4, -0.2) is 47.3 Å². The number of aliphatic hydroxyl groups excluding tert-OH is 1. The van der Waals surface area contributed by atoms with E-state index in [4.69, 9.17) is 0 Å². The SMILES string of the molecule is O=C(N[C@@H]1CC(Cn2ccnc2)C[C@H]1O)c1ccn2ncnc2c1. The largest absolute Gasteiger partial charge is 0.391 e. The average molecular weight is 326 g/mol. The number of carbonyl (C=O) groups excluding carboxylic acids is 1. The number of nitrogens with zero attached hydrogens (tertiary/aromatic N) is 5. The number of hydrogen-bond donors (Lipinski definition) is 2. The molecule has 0 bridgehead atoms. The van der Waals surface area contributed by atoms with Gasteiger partial charge < -0.3 is 15.0 Å². The summed E-state index contributed by atoms with van der Waals surface area (Å²) in [6.07, 6.45) is 9.45. The maximum Gasteiger partial charge on any atom is 0.251 e. The number of nitrogens with one attached hydrogen (secondary N) is 1. The van der Waals surface area contributed by atoms with Gasteiger partial charge in [0.1, 0.15) is 6.33 Å². The second-order valence-electron chi connectivity index (χ2n) is 6.22. The highest BCUT2D eigenvalue weighted by Gasteiger charge is 2.34. The summed E-state index contributed by atoms with van der Waals surface area (Å²) in [6, 6.07) is 3.15. The highest BCUT2D eigenvalue weighted by molar-refractivity contribution is 5.95. The number of carbonyl (C=O) groups is 1.